The van der Waals surface area contributed by atoms with Gasteiger partial charge in [0.25, 0.3) is 10.0 Å². The number of sulfonamides is 1. The predicted octanol–water partition coefficient (Wildman–Crippen LogP) is 6.35. The third kappa shape index (κ3) is 8.35. The molecule has 10 heteroatoms. The van der Waals surface area contributed by atoms with Crippen LogP contribution in [0.15, 0.2) is 119 Å². The van der Waals surface area contributed by atoms with Crippen molar-refractivity contribution >= 4 is 43.5 Å². The zero-order chi connectivity index (χ0) is 32.5. The SMILES string of the molecule is COc1cccc(CN(C(=O)CN(c2cccc(Br)c2)S(=O)(=O)c2ccccc2)[C@H](Cc2ccccc2)C(=O)NC2CCCC2)c1. The van der Waals surface area contributed by atoms with Gasteiger partial charge in [0.05, 0.1) is 17.7 Å². The second-order valence-electron chi connectivity index (χ2n) is 11.4. The Morgan fingerprint density at radius 2 is 1.52 bits per heavy atom. The lowest BCUT2D eigenvalue weighted by molar-refractivity contribution is -0.140. The van der Waals surface area contributed by atoms with Crippen molar-refractivity contribution < 1.29 is 22.7 Å². The standard InChI is InChI=1S/C36H38BrN3O5S/c1-45-32-19-10-14-28(22-32)25-39(34(23-27-12-4-2-5-13-27)36(42)38-30-16-8-9-17-30)35(41)26-40(31-18-11-15-29(37)24-31)46(43,44)33-20-6-3-7-21-33/h2-7,10-15,18-22,24,30,34H,8-9,16-17,23,25-26H2,1H3,(H,38,42)/t34-/m1/s1. The van der Waals surface area contributed by atoms with Crippen molar-refractivity contribution in [3.05, 3.63) is 125 Å². The number of anilines is 1. The van der Waals surface area contributed by atoms with E-state index in [9.17, 15) is 18.0 Å². The normalized spacial score (nSPS) is 14.0. The number of rotatable bonds is 13. The van der Waals surface area contributed by atoms with Gasteiger partial charge in [-0.3, -0.25) is 13.9 Å². The Kier molecular flexibility index (Phi) is 11.1. The molecule has 0 heterocycles. The smallest absolute Gasteiger partial charge is 0.264 e. The zero-order valence-electron chi connectivity index (χ0n) is 25.7. The molecule has 5 rings (SSSR count). The predicted molar refractivity (Wildman–Crippen MR) is 183 cm³/mol. The van der Waals surface area contributed by atoms with Gasteiger partial charge in [0.2, 0.25) is 11.8 Å². The number of carbonyl (C=O) groups is 2. The Balaban J connectivity index is 1.57. The van der Waals surface area contributed by atoms with E-state index in [0.29, 0.717) is 15.9 Å². The van der Waals surface area contributed by atoms with E-state index < -0.39 is 28.5 Å². The lowest BCUT2D eigenvalue weighted by atomic mass is 10.0. The Labute approximate surface area is 279 Å². The summed E-state index contributed by atoms with van der Waals surface area (Å²) in [5.74, 6) is -0.154. The number of hydrogen-bond donors (Lipinski definition) is 1. The van der Waals surface area contributed by atoms with Crippen molar-refractivity contribution in [2.75, 3.05) is 18.0 Å². The highest BCUT2D eigenvalue weighted by atomic mass is 79.9. The van der Waals surface area contributed by atoms with Crippen LogP contribution in [0.5, 0.6) is 5.75 Å². The summed E-state index contributed by atoms with van der Waals surface area (Å²) in [6.45, 7) is -0.441. The molecule has 4 aromatic carbocycles. The van der Waals surface area contributed by atoms with Crippen molar-refractivity contribution in [2.24, 2.45) is 0 Å². The summed E-state index contributed by atoms with van der Waals surface area (Å²) in [5.41, 5.74) is 1.96. The highest BCUT2D eigenvalue weighted by molar-refractivity contribution is 9.10. The number of nitrogens with zero attached hydrogens (tertiary/aromatic N) is 2. The Morgan fingerprint density at radius 1 is 0.870 bits per heavy atom. The molecule has 1 fully saturated rings. The molecule has 46 heavy (non-hydrogen) atoms. The number of carbonyl (C=O) groups excluding carboxylic acids is 2. The second kappa shape index (κ2) is 15.4. The van der Waals surface area contributed by atoms with Gasteiger partial charge < -0.3 is 15.0 Å². The third-order valence-electron chi connectivity index (χ3n) is 8.17. The van der Waals surface area contributed by atoms with Crippen LogP contribution in [0.1, 0.15) is 36.8 Å². The minimum Gasteiger partial charge on any atom is -0.497 e. The van der Waals surface area contributed by atoms with Crippen LogP contribution in [-0.2, 0) is 32.6 Å². The maximum atomic E-state index is 14.6. The summed E-state index contributed by atoms with van der Waals surface area (Å²) in [6, 6.07) is 30.9. The molecule has 1 N–H and O–H groups in total. The highest BCUT2D eigenvalue weighted by Gasteiger charge is 2.35. The van der Waals surface area contributed by atoms with E-state index in [1.54, 1.807) is 49.6 Å². The highest BCUT2D eigenvalue weighted by Crippen LogP contribution is 2.28. The molecule has 1 aliphatic rings. The van der Waals surface area contributed by atoms with Crippen LogP contribution in [0.4, 0.5) is 5.69 Å². The van der Waals surface area contributed by atoms with Crippen molar-refractivity contribution in [2.45, 2.75) is 55.6 Å². The van der Waals surface area contributed by atoms with Crippen molar-refractivity contribution in [1.29, 1.82) is 0 Å². The van der Waals surface area contributed by atoms with E-state index in [1.807, 2.05) is 54.6 Å². The summed E-state index contributed by atoms with van der Waals surface area (Å²) in [6.07, 6.45) is 4.12. The summed E-state index contributed by atoms with van der Waals surface area (Å²) in [4.78, 5) is 30.3. The molecule has 4 aromatic rings. The van der Waals surface area contributed by atoms with E-state index >= 15 is 0 Å². The number of methoxy groups -OCH3 is 1. The van der Waals surface area contributed by atoms with Crippen LogP contribution in [0.25, 0.3) is 0 Å². The molecule has 240 valence electrons. The van der Waals surface area contributed by atoms with E-state index in [0.717, 1.165) is 41.1 Å². The molecule has 8 nitrogen and oxygen atoms in total. The average molecular weight is 705 g/mol. The number of nitrogens with one attached hydrogen (secondary N) is 1. The molecule has 0 unspecified atom stereocenters. The van der Waals surface area contributed by atoms with Gasteiger partial charge in [-0.15, -0.1) is 0 Å². The molecule has 0 bridgehead atoms. The summed E-state index contributed by atoms with van der Waals surface area (Å²) < 4.78 is 35.4. The summed E-state index contributed by atoms with van der Waals surface area (Å²) in [7, 11) is -2.59. The van der Waals surface area contributed by atoms with Gasteiger partial charge in [0.1, 0.15) is 18.3 Å². The first kappa shape index (κ1) is 33.2. The summed E-state index contributed by atoms with van der Waals surface area (Å²) >= 11 is 3.45. The van der Waals surface area contributed by atoms with E-state index in [-0.39, 0.29) is 29.8 Å². The van der Waals surface area contributed by atoms with Crippen molar-refractivity contribution in [3.8, 4) is 5.75 Å². The van der Waals surface area contributed by atoms with Gasteiger partial charge in [-0.25, -0.2) is 8.42 Å². The third-order valence-corrected chi connectivity index (χ3v) is 10.4. The van der Waals surface area contributed by atoms with Gasteiger partial charge in [-0.05, 0) is 66.4 Å². The van der Waals surface area contributed by atoms with Gasteiger partial charge in [-0.1, -0.05) is 95.5 Å². The monoisotopic (exact) mass is 703 g/mol. The van der Waals surface area contributed by atoms with Crippen LogP contribution in [0.3, 0.4) is 0 Å². The van der Waals surface area contributed by atoms with E-state index in [4.69, 9.17) is 4.74 Å². The molecular weight excluding hydrogens is 666 g/mol. The fourth-order valence-electron chi connectivity index (χ4n) is 5.77. The molecule has 1 saturated carbocycles. The van der Waals surface area contributed by atoms with Gasteiger partial charge >= 0.3 is 0 Å². The first-order chi connectivity index (χ1) is 22.2. The Morgan fingerprint density at radius 3 is 2.20 bits per heavy atom. The van der Waals surface area contributed by atoms with Gasteiger partial charge in [-0.2, -0.15) is 0 Å². The quantitative estimate of drug-likeness (QED) is 0.175. The average Bonchev–Trinajstić information content (AvgIpc) is 3.59. The van der Waals surface area contributed by atoms with Crippen LogP contribution in [-0.4, -0.2) is 50.9 Å². The Hall–Kier alpha value is -4.15. The van der Waals surface area contributed by atoms with Gasteiger partial charge in [0, 0.05) is 23.5 Å². The first-order valence-electron chi connectivity index (χ1n) is 15.3. The van der Waals surface area contributed by atoms with Crippen molar-refractivity contribution in [3.63, 3.8) is 0 Å². The number of ether oxygens (including phenoxy) is 1. The lowest BCUT2D eigenvalue weighted by Crippen LogP contribution is -2.54. The number of hydrogen-bond acceptors (Lipinski definition) is 5. The number of amides is 2. The molecule has 0 aliphatic heterocycles. The largest absolute Gasteiger partial charge is 0.497 e. The molecule has 1 aliphatic carbocycles. The van der Waals surface area contributed by atoms with Crippen LogP contribution in [0, 0.1) is 0 Å². The maximum absolute atomic E-state index is 14.6. The molecule has 1 atom stereocenters. The fourth-order valence-corrected chi connectivity index (χ4v) is 7.58. The van der Waals surface area contributed by atoms with Gasteiger partial charge in [0.15, 0.2) is 0 Å². The minimum absolute atomic E-state index is 0.0381. The molecule has 0 spiro atoms. The molecular formula is C36H38BrN3O5S. The summed E-state index contributed by atoms with van der Waals surface area (Å²) in [5, 5.41) is 3.20. The molecule has 0 radical (unpaired) electrons. The molecule has 2 amide bonds. The second-order valence-corrected chi connectivity index (χ2v) is 14.2. The minimum atomic E-state index is -4.16. The fraction of sp³-hybridized carbons (Fsp3) is 0.278. The van der Waals surface area contributed by atoms with Crippen LogP contribution in [0.2, 0.25) is 0 Å². The molecule has 0 aromatic heterocycles. The lowest BCUT2D eigenvalue weighted by Gasteiger charge is -2.34. The molecule has 0 saturated heterocycles. The maximum Gasteiger partial charge on any atom is 0.264 e. The Bertz CT molecular complexity index is 1730. The topological polar surface area (TPSA) is 96.0 Å². The number of halogens is 1. The van der Waals surface area contributed by atoms with Crippen LogP contribution < -0.4 is 14.4 Å². The van der Waals surface area contributed by atoms with E-state index in [2.05, 4.69) is 21.2 Å². The van der Waals surface area contributed by atoms with Crippen molar-refractivity contribution in [1.82, 2.24) is 10.2 Å². The zero-order valence-corrected chi connectivity index (χ0v) is 28.1. The van der Waals surface area contributed by atoms with Crippen LogP contribution >= 0.6 is 15.9 Å². The first-order valence-corrected chi connectivity index (χ1v) is 17.6. The number of benzene rings is 4. The van der Waals surface area contributed by atoms with E-state index in [1.165, 1.54) is 17.0 Å².